The van der Waals surface area contributed by atoms with Gasteiger partial charge >= 0.3 is 5.97 Å². The lowest BCUT2D eigenvalue weighted by Crippen LogP contribution is -2.14. The summed E-state index contributed by atoms with van der Waals surface area (Å²) in [5.41, 5.74) is -0.0421. The number of methoxy groups -OCH3 is 3. The fraction of sp³-hybridized carbons (Fsp3) is 0.364. The van der Waals surface area contributed by atoms with Gasteiger partial charge in [-0.2, -0.15) is 0 Å². The van der Waals surface area contributed by atoms with E-state index in [0.717, 1.165) is 7.11 Å². The fourth-order valence-electron chi connectivity index (χ4n) is 1.44. The first kappa shape index (κ1) is 14.6. The van der Waals surface area contributed by atoms with Gasteiger partial charge in [0.1, 0.15) is 5.75 Å². The van der Waals surface area contributed by atoms with Crippen LogP contribution in [0.2, 0.25) is 0 Å². The normalized spacial score (nSPS) is 11.8. The van der Waals surface area contributed by atoms with Crippen LogP contribution in [0, 0.1) is 0 Å². The average molecular weight is 321 g/mol. The van der Waals surface area contributed by atoms with E-state index < -0.39 is 12.1 Å². The van der Waals surface area contributed by atoms with E-state index in [9.17, 15) is 15.0 Å². The van der Waals surface area contributed by atoms with E-state index in [0.29, 0.717) is 0 Å². The van der Waals surface area contributed by atoms with Crippen molar-refractivity contribution in [2.75, 3.05) is 21.3 Å². The number of rotatable bonds is 4. The van der Waals surface area contributed by atoms with Crippen LogP contribution in [-0.2, 0) is 9.53 Å². The molecule has 0 radical (unpaired) electrons. The van der Waals surface area contributed by atoms with E-state index in [4.69, 9.17) is 9.47 Å². The molecule has 1 atom stereocenters. The number of aromatic hydroxyl groups is 1. The van der Waals surface area contributed by atoms with E-state index in [-0.39, 0.29) is 27.3 Å². The summed E-state index contributed by atoms with van der Waals surface area (Å²) >= 11 is 3.15. The minimum atomic E-state index is -1.62. The van der Waals surface area contributed by atoms with Gasteiger partial charge in [0.05, 0.1) is 31.4 Å². The third-order valence-electron chi connectivity index (χ3n) is 2.33. The number of phenolic OH excluding ortho intramolecular Hbond substituents is 1. The molecule has 0 saturated carbocycles. The Morgan fingerprint density at radius 3 is 2.39 bits per heavy atom. The number of aliphatic hydroxyl groups excluding tert-OH is 1. The standard InChI is InChI=1S/C11H13BrO6/c1-16-6-4-5(13)7(8(12)10(6)17-2)9(14)11(15)18-3/h4,9,13-14H,1-3H3. The van der Waals surface area contributed by atoms with Gasteiger partial charge in [-0.1, -0.05) is 0 Å². The predicted octanol–water partition coefficient (Wildman–Crippen LogP) is 1.38. The van der Waals surface area contributed by atoms with Crippen molar-refractivity contribution in [1.29, 1.82) is 0 Å². The van der Waals surface area contributed by atoms with Gasteiger partial charge in [0, 0.05) is 6.07 Å². The molecule has 1 aromatic rings. The molecule has 1 unspecified atom stereocenters. The summed E-state index contributed by atoms with van der Waals surface area (Å²) < 4.78 is 14.7. The molecule has 0 aliphatic carbocycles. The van der Waals surface area contributed by atoms with Crippen molar-refractivity contribution in [2.45, 2.75) is 6.10 Å². The quantitative estimate of drug-likeness (QED) is 0.815. The van der Waals surface area contributed by atoms with Gasteiger partial charge in [-0.15, -0.1) is 0 Å². The summed E-state index contributed by atoms with van der Waals surface area (Å²) in [7, 11) is 3.94. The molecule has 0 aliphatic heterocycles. The molecule has 7 heteroatoms. The van der Waals surface area contributed by atoms with Crippen LogP contribution in [0.5, 0.6) is 17.2 Å². The number of halogens is 1. The molecule has 2 N–H and O–H groups in total. The first-order valence-electron chi connectivity index (χ1n) is 4.87. The van der Waals surface area contributed by atoms with Gasteiger partial charge < -0.3 is 24.4 Å². The highest BCUT2D eigenvalue weighted by atomic mass is 79.9. The van der Waals surface area contributed by atoms with Crippen LogP contribution in [0.25, 0.3) is 0 Å². The first-order chi connectivity index (χ1) is 8.47. The molecule has 0 heterocycles. The Hall–Kier alpha value is -1.47. The molecule has 6 nitrogen and oxygen atoms in total. The maximum atomic E-state index is 11.3. The molecule has 0 fully saturated rings. The van der Waals surface area contributed by atoms with Gasteiger partial charge in [-0.3, -0.25) is 0 Å². The third kappa shape index (κ3) is 2.51. The van der Waals surface area contributed by atoms with E-state index in [2.05, 4.69) is 20.7 Å². The van der Waals surface area contributed by atoms with E-state index in [1.807, 2.05) is 0 Å². The minimum absolute atomic E-state index is 0.0421. The number of phenols is 1. The Labute approximate surface area is 112 Å². The maximum Gasteiger partial charge on any atom is 0.339 e. The predicted molar refractivity (Wildman–Crippen MR) is 65.9 cm³/mol. The molecule has 18 heavy (non-hydrogen) atoms. The Balaban J connectivity index is 3.41. The summed E-state index contributed by atoms with van der Waals surface area (Å²) in [6.07, 6.45) is -1.62. The van der Waals surface area contributed by atoms with Gasteiger partial charge in [0.25, 0.3) is 0 Å². The van der Waals surface area contributed by atoms with Crippen molar-refractivity contribution in [3.63, 3.8) is 0 Å². The minimum Gasteiger partial charge on any atom is -0.507 e. The molecule has 0 aromatic heterocycles. The molecule has 100 valence electrons. The van der Waals surface area contributed by atoms with Crippen molar-refractivity contribution in [3.8, 4) is 17.2 Å². The number of carbonyl (C=O) groups excluding carboxylic acids is 1. The van der Waals surface area contributed by atoms with Crippen LogP contribution in [0.3, 0.4) is 0 Å². The van der Waals surface area contributed by atoms with Crippen molar-refractivity contribution in [1.82, 2.24) is 0 Å². The van der Waals surface area contributed by atoms with Gasteiger partial charge in [-0.25, -0.2) is 4.79 Å². The van der Waals surface area contributed by atoms with E-state index in [1.54, 1.807) is 0 Å². The lowest BCUT2D eigenvalue weighted by Gasteiger charge is -2.17. The van der Waals surface area contributed by atoms with Crippen molar-refractivity contribution in [3.05, 3.63) is 16.1 Å². The van der Waals surface area contributed by atoms with Crippen molar-refractivity contribution < 1.29 is 29.2 Å². The first-order valence-corrected chi connectivity index (χ1v) is 5.66. The van der Waals surface area contributed by atoms with E-state index >= 15 is 0 Å². The fourth-order valence-corrected chi connectivity index (χ4v) is 2.22. The van der Waals surface area contributed by atoms with Crippen LogP contribution < -0.4 is 9.47 Å². The lowest BCUT2D eigenvalue weighted by atomic mass is 10.1. The second kappa shape index (κ2) is 5.92. The number of aliphatic hydroxyl groups is 1. The zero-order valence-electron chi connectivity index (χ0n) is 10.1. The molecule has 1 aromatic carbocycles. The summed E-state index contributed by atoms with van der Waals surface area (Å²) in [5.74, 6) is -0.674. The largest absolute Gasteiger partial charge is 0.507 e. The Morgan fingerprint density at radius 2 is 1.94 bits per heavy atom. The van der Waals surface area contributed by atoms with Crippen LogP contribution in [0.1, 0.15) is 11.7 Å². The van der Waals surface area contributed by atoms with Gasteiger partial charge in [0.15, 0.2) is 17.6 Å². The number of hydrogen-bond acceptors (Lipinski definition) is 6. The summed E-state index contributed by atoms with van der Waals surface area (Å²) in [6.45, 7) is 0. The highest BCUT2D eigenvalue weighted by molar-refractivity contribution is 9.10. The molecule has 0 amide bonds. The number of ether oxygens (including phenoxy) is 3. The molecule has 0 spiro atoms. The Morgan fingerprint density at radius 1 is 1.33 bits per heavy atom. The smallest absolute Gasteiger partial charge is 0.339 e. The number of hydrogen-bond donors (Lipinski definition) is 2. The number of esters is 1. The number of carbonyl (C=O) groups is 1. The summed E-state index contributed by atoms with van der Waals surface area (Å²) in [4.78, 5) is 11.3. The zero-order chi connectivity index (χ0) is 13.9. The zero-order valence-corrected chi connectivity index (χ0v) is 11.6. The second-order valence-electron chi connectivity index (χ2n) is 3.28. The van der Waals surface area contributed by atoms with Gasteiger partial charge in [-0.05, 0) is 15.9 Å². The van der Waals surface area contributed by atoms with Crippen molar-refractivity contribution in [2.24, 2.45) is 0 Å². The molecule has 0 bridgehead atoms. The monoisotopic (exact) mass is 320 g/mol. The highest BCUT2D eigenvalue weighted by Gasteiger charge is 2.28. The van der Waals surface area contributed by atoms with Crippen molar-refractivity contribution >= 4 is 21.9 Å². The summed E-state index contributed by atoms with van der Waals surface area (Å²) in [6, 6.07) is 1.24. The molecule has 0 aliphatic rings. The highest BCUT2D eigenvalue weighted by Crippen LogP contribution is 2.45. The van der Waals surface area contributed by atoms with Gasteiger partial charge in [0.2, 0.25) is 0 Å². The second-order valence-corrected chi connectivity index (χ2v) is 4.08. The topological polar surface area (TPSA) is 85.2 Å². The van der Waals surface area contributed by atoms with Crippen LogP contribution >= 0.6 is 15.9 Å². The molecule has 1 rings (SSSR count). The molecular weight excluding hydrogens is 308 g/mol. The van der Waals surface area contributed by atoms with Crippen LogP contribution in [0.4, 0.5) is 0 Å². The SMILES string of the molecule is COC(=O)C(O)c1c(O)cc(OC)c(OC)c1Br. The van der Waals surface area contributed by atoms with Crippen LogP contribution in [-0.4, -0.2) is 37.5 Å². The van der Waals surface area contributed by atoms with Crippen LogP contribution in [0.15, 0.2) is 10.5 Å². The number of benzene rings is 1. The average Bonchev–Trinajstić information content (AvgIpc) is 2.36. The van der Waals surface area contributed by atoms with E-state index in [1.165, 1.54) is 20.3 Å². The maximum absolute atomic E-state index is 11.3. The summed E-state index contributed by atoms with van der Waals surface area (Å²) in [5, 5.41) is 19.6. The lowest BCUT2D eigenvalue weighted by molar-refractivity contribution is -0.150. The Kier molecular flexibility index (Phi) is 4.80. The Bertz CT molecular complexity index is 459. The molecular formula is C11H13BrO6. The third-order valence-corrected chi connectivity index (χ3v) is 3.11. The molecule has 0 saturated heterocycles.